The number of aromatic nitrogens is 2. The molecule has 1 aliphatic carbocycles. The Hall–Kier alpha value is -3.00. The second-order valence-corrected chi connectivity index (χ2v) is 9.84. The van der Waals surface area contributed by atoms with Crippen LogP contribution in [0.1, 0.15) is 62.5 Å². The molecule has 1 saturated carbocycles. The molecule has 0 atom stereocenters. The molecule has 33 heavy (non-hydrogen) atoms. The Balaban J connectivity index is 1.81. The molecule has 3 heterocycles. The molecule has 2 aliphatic rings. The summed E-state index contributed by atoms with van der Waals surface area (Å²) in [6, 6.07) is 5.72. The van der Waals surface area contributed by atoms with Crippen molar-refractivity contribution in [3.8, 4) is 11.1 Å². The summed E-state index contributed by atoms with van der Waals surface area (Å²) < 4.78 is 5.43. The van der Waals surface area contributed by atoms with E-state index in [9.17, 15) is 9.90 Å². The number of hydrogen-bond acceptors (Lipinski definition) is 7. The van der Waals surface area contributed by atoms with Gasteiger partial charge in [0.05, 0.1) is 13.2 Å². The zero-order chi connectivity index (χ0) is 23.6. The van der Waals surface area contributed by atoms with Crippen LogP contribution in [0.4, 0.5) is 11.6 Å². The van der Waals surface area contributed by atoms with E-state index in [0.29, 0.717) is 35.9 Å². The van der Waals surface area contributed by atoms with Crippen LogP contribution in [-0.4, -0.2) is 59.1 Å². The highest BCUT2D eigenvalue weighted by atomic mass is 16.5. The summed E-state index contributed by atoms with van der Waals surface area (Å²) >= 11 is 0. The van der Waals surface area contributed by atoms with Crippen LogP contribution in [0, 0.1) is 10.8 Å². The lowest BCUT2D eigenvalue weighted by atomic mass is 9.82. The number of anilines is 2. The Bertz CT molecular complexity index is 1020. The van der Waals surface area contributed by atoms with E-state index >= 15 is 0 Å². The second-order valence-electron chi connectivity index (χ2n) is 9.84. The first-order valence-corrected chi connectivity index (χ1v) is 11.7. The Kier molecular flexibility index (Phi) is 6.65. The van der Waals surface area contributed by atoms with Gasteiger partial charge in [0.15, 0.2) is 5.69 Å². The van der Waals surface area contributed by atoms with Gasteiger partial charge in [-0.1, -0.05) is 33.6 Å². The zero-order valence-corrected chi connectivity index (χ0v) is 19.6. The molecule has 0 unspecified atom stereocenters. The predicted octanol–water partition coefficient (Wildman–Crippen LogP) is 4.45. The lowest BCUT2D eigenvalue weighted by Gasteiger charge is -2.28. The number of nitrogens with zero attached hydrogens (tertiary/aromatic N) is 3. The number of aromatic carboxylic acids is 1. The van der Waals surface area contributed by atoms with E-state index in [4.69, 9.17) is 10.1 Å². The third-order valence-electron chi connectivity index (χ3n) is 6.33. The van der Waals surface area contributed by atoms with Crippen molar-refractivity contribution in [2.24, 2.45) is 5.41 Å². The standard InChI is InChI=1S/C25H33N5O3/c1-25(2,3)22(26)21-18(16-8-9-20(27-15-16)30-10-12-33-13-11-30)14-19(24(31)32)29-23(21)28-17-6-4-5-7-17/h8-9,14-15,17,26H,4-7,10-13H2,1-3H3,(H,28,29)(H,31,32). The number of pyridine rings is 2. The molecule has 4 rings (SSSR count). The van der Waals surface area contributed by atoms with Gasteiger partial charge in [0.1, 0.15) is 11.6 Å². The summed E-state index contributed by atoms with van der Waals surface area (Å²) in [6.07, 6.45) is 6.09. The van der Waals surface area contributed by atoms with Crippen LogP contribution in [0.15, 0.2) is 24.4 Å². The minimum Gasteiger partial charge on any atom is -0.477 e. The normalized spacial score (nSPS) is 17.2. The summed E-state index contributed by atoms with van der Waals surface area (Å²) in [7, 11) is 0. The fourth-order valence-corrected chi connectivity index (χ4v) is 4.40. The molecule has 2 fully saturated rings. The minimum absolute atomic E-state index is 0.0341. The molecule has 1 saturated heterocycles. The fourth-order valence-electron chi connectivity index (χ4n) is 4.40. The largest absolute Gasteiger partial charge is 0.477 e. The van der Waals surface area contributed by atoms with E-state index in [1.54, 1.807) is 12.3 Å². The minimum atomic E-state index is -1.09. The summed E-state index contributed by atoms with van der Waals surface area (Å²) in [6.45, 7) is 8.91. The van der Waals surface area contributed by atoms with Crippen molar-refractivity contribution in [1.82, 2.24) is 9.97 Å². The number of nitrogens with one attached hydrogen (secondary N) is 2. The Morgan fingerprint density at radius 2 is 1.91 bits per heavy atom. The summed E-state index contributed by atoms with van der Waals surface area (Å²) in [5.41, 5.74) is 2.04. The lowest BCUT2D eigenvalue weighted by molar-refractivity contribution is 0.0690. The van der Waals surface area contributed by atoms with Crippen LogP contribution in [-0.2, 0) is 4.74 Å². The van der Waals surface area contributed by atoms with Crippen molar-refractivity contribution in [3.63, 3.8) is 0 Å². The highest BCUT2D eigenvalue weighted by molar-refractivity contribution is 6.11. The number of morpholine rings is 1. The van der Waals surface area contributed by atoms with Gasteiger partial charge < -0.3 is 25.5 Å². The van der Waals surface area contributed by atoms with Gasteiger partial charge in [-0.15, -0.1) is 0 Å². The molecule has 0 spiro atoms. The number of hydrogen-bond donors (Lipinski definition) is 3. The third kappa shape index (κ3) is 5.16. The van der Waals surface area contributed by atoms with E-state index in [0.717, 1.165) is 50.2 Å². The van der Waals surface area contributed by atoms with Gasteiger partial charge in [0.25, 0.3) is 0 Å². The quantitative estimate of drug-likeness (QED) is 0.557. The van der Waals surface area contributed by atoms with Crippen molar-refractivity contribution < 1.29 is 14.6 Å². The monoisotopic (exact) mass is 451 g/mol. The van der Waals surface area contributed by atoms with Crippen molar-refractivity contribution in [2.75, 3.05) is 36.5 Å². The van der Waals surface area contributed by atoms with E-state index in [1.165, 1.54) is 0 Å². The highest BCUT2D eigenvalue weighted by Crippen LogP contribution is 2.36. The second kappa shape index (κ2) is 9.47. The molecular weight excluding hydrogens is 418 g/mol. The number of carboxylic acids is 1. The number of carboxylic acid groups (broad SMARTS) is 1. The molecule has 0 radical (unpaired) electrons. The van der Waals surface area contributed by atoms with Crippen molar-refractivity contribution in [3.05, 3.63) is 35.7 Å². The van der Waals surface area contributed by atoms with Crippen LogP contribution in [0.5, 0.6) is 0 Å². The van der Waals surface area contributed by atoms with Crippen molar-refractivity contribution in [2.45, 2.75) is 52.5 Å². The molecule has 3 N–H and O–H groups in total. The molecule has 1 aliphatic heterocycles. The molecule has 2 aromatic heterocycles. The van der Waals surface area contributed by atoms with Gasteiger partial charge in [0, 0.05) is 47.6 Å². The molecule has 176 valence electrons. The maximum Gasteiger partial charge on any atom is 0.354 e. The van der Waals surface area contributed by atoms with Gasteiger partial charge in [-0.3, -0.25) is 0 Å². The molecule has 2 aromatic rings. The first kappa shape index (κ1) is 23.2. The number of carbonyl (C=O) groups is 1. The first-order chi connectivity index (χ1) is 15.7. The van der Waals surface area contributed by atoms with Crippen molar-refractivity contribution in [1.29, 1.82) is 5.41 Å². The molecule has 8 heteroatoms. The average Bonchev–Trinajstić information content (AvgIpc) is 3.31. The Labute approximate surface area is 194 Å². The van der Waals surface area contributed by atoms with Gasteiger partial charge >= 0.3 is 5.97 Å². The molecule has 8 nitrogen and oxygen atoms in total. The van der Waals surface area contributed by atoms with Crippen molar-refractivity contribution >= 4 is 23.3 Å². The van der Waals surface area contributed by atoms with E-state index in [2.05, 4.69) is 20.2 Å². The van der Waals surface area contributed by atoms with Gasteiger partial charge in [-0.25, -0.2) is 14.8 Å². The molecule has 0 aromatic carbocycles. The maximum atomic E-state index is 11.9. The van der Waals surface area contributed by atoms with Crippen LogP contribution >= 0.6 is 0 Å². The molecule has 0 amide bonds. The SMILES string of the molecule is CC(C)(C)C(=N)c1c(-c2ccc(N3CCOCC3)nc2)cc(C(=O)O)nc1NC1CCCC1. The van der Waals surface area contributed by atoms with Gasteiger partial charge in [-0.2, -0.15) is 0 Å². The van der Waals surface area contributed by atoms with Crippen LogP contribution in [0.2, 0.25) is 0 Å². The smallest absolute Gasteiger partial charge is 0.354 e. The molecule has 0 bridgehead atoms. The highest BCUT2D eigenvalue weighted by Gasteiger charge is 2.29. The first-order valence-electron chi connectivity index (χ1n) is 11.7. The van der Waals surface area contributed by atoms with Gasteiger partial charge in [0.2, 0.25) is 0 Å². The van der Waals surface area contributed by atoms with Crippen LogP contribution in [0.25, 0.3) is 11.1 Å². The number of rotatable bonds is 6. The lowest BCUT2D eigenvalue weighted by Crippen LogP contribution is -2.36. The summed E-state index contributed by atoms with van der Waals surface area (Å²) in [5, 5.41) is 22.2. The van der Waals surface area contributed by atoms with E-state index in [1.807, 2.05) is 32.9 Å². The summed E-state index contributed by atoms with van der Waals surface area (Å²) in [4.78, 5) is 23.2. The molecular formula is C25H33N5O3. The maximum absolute atomic E-state index is 11.9. The fraction of sp³-hybridized carbons (Fsp3) is 0.520. The van der Waals surface area contributed by atoms with E-state index < -0.39 is 11.4 Å². The topological polar surface area (TPSA) is 111 Å². The Morgan fingerprint density at radius 1 is 1.21 bits per heavy atom. The predicted molar refractivity (Wildman–Crippen MR) is 130 cm³/mol. The third-order valence-corrected chi connectivity index (χ3v) is 6.33. The average molecular weight is 452 g/mol. The summed E-state index contributed by atoms with van der Waals surface area (Å²) in [5.74, 6) is 0.262. The van der Waals surface area contributed by atoms with Gasteiger partial charge in [-0.05, 0) is 36.6 Å². The van der Waals surface area contributed by atoms with E-state index in [-0.39, 0.29) is 11.7 Å². The van der Waals surface area contributed by atoms with Crippen LogP contribution in [0.3, 0.4) is 0 Å². The zero-order valence-electron chi connectivity index (χ0n) is 19.6. The Morgan fingerprint density at radius 3 is 2.48 bits per heavy atom. The van der Waals surface area contributed by atoms with Crippen LogP contribution < -0.4 is 10.2 Å². The number of ether oxygens (including phenoxy) is 1.